The van der Waals surface area contributed by atoms with Crippen molar-refractivity contribution in [2.75, 3.05) is 59.4 Å². The number of carbonyl (C=O) groups excluding carboxylic acids is 2. The van der Waals surface area contributed by atoms with E-state index in [2.05, 4.69) is 25.5 Å². The molecule has 0 bridgehead atoms. The van der Waals surface area contributed by atoms with Crippen LogP contribution < -0.4 is 35.8 Å². The van der Waals surface area contributed by atoms with Crippen LogP contribution in [0.2, 0.25) is 0 Å². The second kappa shape index (κ2) is 14.4. The first-order valence-corrected chi connectivity index (χ1v) is 16.2. The molecule has 1 aliphatic heterocycles. The van der Waals surface area contributed by atoms with Gasteiger partial charge in [-0.05, 0) is 59.9 Å². The van der Waals surface area contributed by atoms with Crippen molar-refractivity contribution in [1.82, 2.24) is 25.1 Å². The van der Waals surface area contributed by atoms with Crippen LogP contribution in [0.4, 0.5) is 5.69 Å². The average molecular weight is 669 g/mol. The van der Waals surface area contributed by atoms with Crippen molar-refractivity contribution in [3.05, 3.63) is 86.1 Å². The van der Waals surface area contributed by atoms with E-state index in [-0.39, 0.29) is 35.0 Å². The number of benzene rings is 2. The lowest BCUT2D eigenvalue weighted by molar-refractivity contribution is -0.131. The normalized spacial score (nSPS) is 15.8. The molecule has 1 aliphatic carbocycles. The van der Waals surface area contributed by atoms with E-state index in [0.717, 1.165) is 11.1 Å². The van der Waals surface area contributed by atoms with Crippen molar-refractivity contribution < 1.29 is 23.8 Å². The van der Waals surface area contributed by atoms with Gasteiger partial charge in [-0.3, -0.25) is 24.1 Å². The zero-order chi connectivity index (χ0) is 34.7. The summed E-state index contributed by atoms with van der Waals surface area (Å²) in [7, 11) is 4.65. The number of ether oxygens (including phenoxy) is 3. The number of aromatic amines is 1. The summed E-state index contributed by atoms with van der Waals surface area (Å²) in [5.41, 5.74) is 3.45. The molecule has 1 atom stereocenters. The van der Waals surface area contributed by atoms with Crippen LogP contribution in [0, 0.1) is 0 Å². The van der Waals surface area contributed by atoms with Crippen LogP contribution in [0.15, 0.2) is 58.1 Å². The highest BCUT2D eigenvalue weighted by molar-refractivity contribution is 5.84. The molecule has 6 rings (SSSR count). The van der Waals surface area contributed by atoms with Gasteiger partial charge in [0.2, 0.25) is 23.0 Å². The number of amides is 2. The quantitative estimate of drug-likeness (QED) is 0.243. The standard InChI is InChI=1S/C36H40N6O7/c1-21(43)38-27-11-9-22-17-30(47-2)34(48-3)35(49-4)33(22)23-10-12-28(29(44)18-25(23)27)37-19-32(45)42-15-13-41(14-16-42)20-31-39-26-8-6-5-7-24(26)36(46)40-31/h5-8,10,12,17-18,27H,9,11,13-16,19-20H2,1-4H3,(H,37,44)(H,38,43)(H,39,40,46)/t27-/m0/s1. The SMILES string of the molecule is COc1cc2c(c(OC)c1OC)-c1ccc(NCC(=O)N3CCN(Cc4nc5ccccc5c(=O)[nH]4)CC3)c(=O)cc1[C@@H](NC(C)=O)CC2. The first-order chi connectivity index (χ1) is 23.7. The fourth-order valence-electron chi connectivity index (χ4n) is 6.71. The van der Waals surface area contributed by atoms with Crippen LogP contribution in [0.25, 0.3) is 22.0 Å². The number of rotatable bonds is 9. The van der Waals surface area contributed by atoms with Crippen molar-refractivity contribution in [2.45, 2.75) is 32.4 Å². The van der Waals surface area contributed by atoms with E-state index in [1.165, 1.54) is 20.1 Å². The van der Waals surface area contributed by atoms with Gasteiger partial charge >= 0.3 is 0 Å². The largest absolute Gasteiger partial charge is 0.493 e. The molecular weight excluding hydrogens is 628 g/mol. The number of fused-ring (bicyclic) bond motifs is 4. The van der Waals surface area contributed by atoms with Gasteiger partial charge in [0.25, 0.3) is 5.56 Å². The molecule has 3 aromatic carbocycles. The van der Waals surface area contributed by atoms with Crippen molar-refractivity contribution in [3.8, 4) is 28.4 Å². The molecule has 1 saturated heterocycles. The highest BCUT2D eigenvalue weighted by Gasteiger charge is 2.30. The van der Waals surface area contributed by atoms with E-state index in [4.69, 9.17) is 14.2 Å². The van der Waals surface area contributed by atoms with E-state index in [9.17, 15) is 19.2 Å². The lowest BCUT2D eigenvalue weighted by Crippen LogP contribution is -2.50. The summed E-state index contributed by atoms with van der Waals surface area (Å²) in [6.45, 7) is 4.08. The Hall–Kier alpha value is -5.43. The molecule has 3 N–H and O–H groups in total. The Balaban J connectivity index is 1.19. The summed E-state index contributed by atoms with van der Waals surface area (Å²) in [5, 5.41) is 6.62. The van der Waals surface area contributed by atoms with E-state index < -0.39 is 6.04 Å². The third-order valence-electron chi connectivity index (χ3n) is 9.11. The van der Waals surface area contributed by atoms with Crippen LogP contribution in [0.5, 0.6) is 17.2 Å². The zero-order valence-corrected chi connectivity index (χ0v) is 28.1. The number of methoxy groups -OCH3 is 3. The number of hydrogen-bond donors (Lipinski definition) is 3. The molecule has 49 heavy (non-hydrogen) atoms. The summed E-state index contributed by atoms with van der Waals surface area (Å²) >= 11 is 0. The number of carbonyl (C=O) groups is 2. The van der Waals surface area contributed by atoms with Crippen LogP contribution in [-0.2, 0) is 22.6 Å². The maximum absolute atomic E-state index is 13.6. The van der Waals surface area contributed by atoms with Gasteiger partial charge in [-0.25, -0.2) is 4.98 Å². The van der Waals surface area contributed by atoms with Gasteiger partial charge < -0.3 is 34.7 Å². The second-order valence-corrected chi connectivity index (χ2v) is 12.1. The van der Waals surface area contributed by atoms with Gasteiger partial charge in [0.15, 0.2) is 11.5 Å². The molecule has 2 aliphatic rings. The smallest absolute Gasteiger partial charge is 0.258 e. The molecule has 1 fully saturated rings. The molecule has 2 heterocycles. The highest BCUT2D eigenvalue weighted by Crippen LogP contribution is 2.50. The van der Waals surface area contributed by atoms with Crippen molar-refractivity contribution in [2.24, 2.45) is 0 Å². The lowest BCUT2D eigenvalue weighted by atomic mass is 9.95. The predicted molar refractivity (Wildman–Crippen MR) is 185 cm³/mol. The van der Waals surface area contributed by atoms with Gasteiger partial charge in [-0.1, -0.05) is 18.2 Å². The minimum atomic E-state index is -0.435. The van der Waals surface area contributed by atoms with E-state index in [1.807, 2.05) is 30.3 Å². The number of nitrogens with one attached hydrogen (secondary N) is 3. The Bertz CT molecular complexity index is 2020. The van der Waals surface area contributed by atoms with E-state index >= 15 is 0 Å². The fourth-order valence-corrected chi connectivity index (χ4v) is 6.71. The number of H-pyrrole nitrogens is 1. The molecule has 13 nitrogen and oxygen atoms in total. The topological polar surface area (TPSA) is 155 Å². The average Bonchev–Trinajstić information content (AvgIpc) is 3.34. The van der Waals surface area contributed by atoms with Gasteiger partial charge in [0.1, 0.15) is 5.82 Å². The van der Waals surface area contributed by atoms with Gasteiger partial charge in [0.05, 0.1) is 57.1 Å². The Kier molecular flexibility index (Phi) is 9.81. The summed E-state index contributed by atoms with van der Waals surface area (Å²) in [6, 6.07) is 13.7. The number of anilines is 1. The van der Waals surface area contributed by atoms with Gasteiger partial charge in [-0.2, -0.15) is 0 Å². The molecule has 256 valence electrons. The minimum absolute atomic E-state index is 0.0659. The highest BCUT2D eigenvalue weighted by atomic mass is 16.5. The first-order valence-electron chi connectivity index (χ1n) is 16.2. The molecule has 2 amide bonds. The molecule has 0 radical (unpaired) electrons. The monoisotopic (exact) mass is 668 g/mol. The number of aromatic nitrogens is 2. The Morgan fingerprint density at radius 1 is 0.959 bits per heavy atom. The molecule has 1 aromatic heterocycles. The number of para-hydroxylation sites is 1. The van der Waals surface area contributed by atoms with Crippen LogP contribution >= 0.6 is 0 Å². The van der Waals surface area contributed by atoms with Crippen LogP contribution in [0.1, 0.15) is 36.3 Å². The zero-order valence-electron chi connectivity index (χ0n) is 28.1. The number of piperazine rings is 1. The molecule has 13 heteroatoms. The van der Waals surface area contributed by atoms with E-state index in [0.29, 0.717) is 90.7 Å². The molecule has 0 spiro atoms. The maximum atomic E-state index is 13.6. The summed E-state index contributed by atoms with van der Waals surface area (Å²) in [6.07, 6.45) is 1.13. The third-order valence-corrected chi connectivity index (χ3v) is 9.11. The van der Waals surface area contributed by atoms with Gasteiger partial charge in [0, 0.05) is 38.7 Å². The van der Waals surface area contributed by atoms with E-state index in [1.54, 1.807) is 31.3 Å². The van der Waals surface area contributed by atoms with Crippen LogP contribution in [-0.4, -0.2) is 85.6 Å². The second-order valence-electron chi connectivity index (χ2n) is 12.1. The van der Waals surface area contributed by atoms with Crippen molar-refractivity contribution >= 4 is 28.4 Å². The molecule has 4 aromatic rings. The Labute approximate surface area is 283 Å². The maximum Gasteiger partial charge on any atom is 0.258 e. The fraction of sp³-hybridized carbons (Fsp3) is 0.361. The Morgan fingerprint density at radius 2 is 1.71 bits per heavy atom. The van der Waals surface area contributed by atoms with Crippen molar-refractivity contribution in [1.29, 1.82) is 0 Å². The van der Waals surface area contributed by atoms with Crippen LogP contribution in [0.3, 0.4) is 0 Å². The van der Waals surface area contributed by atoms with Gasteiger partial charge in [-0.15, -0.1) is 0 Å². The summed E-state index contributed by atoms with van der Waals surface area (Å²) in [4.78, 5) is 63.0. The number of aryl methyl sites for hydroxylation is 1. The minimum Gasteiger partial charge on any atom is -0.493 e. The predicted octanol–water partition coefficient (Wildman–Crippen LogP) is 2.86. The molecular formula is C36H40N6O7. The molecule has 0 saturated carbocycles. The Morgan fingerprint density at radius 3 is 2.43 bits per heavy atom. The number of hydrogen-bond acceptors (Lipinski definition) is 10. The third kappa shape index (κ3) is 6.93. The first kappa shape index (κ1) is 33.5. The van der Waals surface area contributed by atoms with Crippen molar-refractivity contribution in [3.63, 3.8) is 0 Å². The molecule has 0 unspecified atom stereocenters. The number of nitrogens with zero attached hydrogens (tertiary/aromatic N) is 3. The summed E-state index contributed by atoms with van der Waals surface area (Å²) < 4.78 is 17.1. The summed E-state index contributed by atoms with van der Waals surface area (Å²) in [5.74, 6) is 1.64. The lowest BCUT2D eigenvalue weighted by Gasteiger charge is -2.34.